The molecule has 4 aliphatic carbocycles. The van der Waals surface area contributed by atoms with E-state index in [4.69, 9.17) is 0 Å². The van der Waals surface area contributed by atoms with Crippen molar-refractivity contribution in [1.82, 2.24) is 14.9 Å². The first kappa shape index (κ1) is 15.7. The molecule has 1 aliphatic heterocycles. The van der Waals surface area contributed by atoms with Crippen molar-refractivity contribution in [3.63, 3.8) is 0 Å². The third-order valence-corrected chi connectivity index (χ3v) is 8.65. The molecule has 1 amide bonds. The summed E-state index contributed by atoms with van der Waals surface area (Å²) in [7, 11) is -1.11. The van der Waals surface area contributed by atoms with E-state index in [-0.39, 0.29) is 11.3 Å². The van der Waals surface area contributed by atoms with Gasteiger partial charge in [-0.05, 0) is 61.3 Å². The summed E-state index contributed by atoms with van der Waals surface area (Å²) in [6.45, 7) is 0. The molecule has 3 N–H and O–H groups in total. The highest BCUT2D eigenvalue weighted by Gasteiger charge is 2.74. The third kappa shape index (κ3) is 1.61. The molecular formula is C20H21BN4O3. The molecule has 8 heteroatoms. The zero-order valence-electron chi connectivity index (χ0n) is 15.4. The summed E-state index contributed by atoms with van der Waals surface area (Å²) in [4.78, 5) is 20.3. The molecule has 4 fully saturated rings. The molecule has 142 valence electrons. The summed E-state index contributed by atoms with van der Waals surface area (Å²) < 4.78 is 0. The van der Waals surface area contributed by atoms with Gasteiger partial charge in [-0.15, -0.1) is 0 Å². The number of rotatable bonds is 2. The second kappa shape index (κ2) is 4.68. The normalized spacial score (nSPS) is 42.4. The molecule has 28 heavy (non-hydrogen) atoms. The highest BCUT2D eigenvalue weighted by atomic mass is 16.3. The van der Waals surface area contributed by atoms with Crippen molar-refractivity contribution in [1.29, 1.82) is 0 Å². The summed E-state index contributed by atoms with van der Waals surface area (Å²) in [5, 5.41) is 27.4. The zero-order valence-corrected chi connectivity index (χ0v) is 15.4. The standard InChI is InChI=1S/C20H21BN4O3/c26-9-25-21(28)14-7-23-18-12(1-2-22-18)16(14)17(24-25)15-10-4-19(27)6-11-3-13(15)20(11,5-10)8-19/h1-2,7,9-11,13,15,27-28H,3-6,8H2,(H,22,23). The van der Waals surface area contributed by atoms with E-state index >= 15 is 0 Å². The molecule has 5 aliphatic rings. The molecule has 7 nitrogen and oxygen atoms in total. The maximum Gasteiger partial charge on any atom is 0.475 e. The fourth-order valence-corrected chi connectivity index (χ4v) is 7.91. The topological polar surface area (TPSA) is 102 Å². The summed E-state index contributed by atoms with van der Waals surface area (Å²) in [5.74, 6) is 1.75. The van der Waals surface area contributed by atoms with Crippen LogP contribution in [0.1, 0.15) is 37.7 Å². The Morgan fingerprint density at radius 3 is 3.11 bits per heavy atom. The number of hydrazone groups is 1. The SMILES string of the molecule is O=CN1N=C(C2C3CC4(O)CC5CC2C5(C3)C4)c2c(cnc3[nH]ccc23)B1O. The molecule has 2 aromatic heterocycles. The van der Waals surface area contributed by atoms with Gasteiger partial charge in [-0.1, -0.05) is 0 Å². The molecule has 0 radical (unpaired) electrons. The first-order valence-electron chi connectivity index (χ1n) is 10.2. The van der Waals surface area contributed by atoms with Crippen molar-refractivity contribution in [2.45, 2.75) is 37.7 Å². The lowest BCUT2D eigenvalue weighted by Gasteiger charge is -2.50. The minimum atomic E-state index is -1.11. The molecule has 4 saturated carbocycles. The maximum atomic E-state index is 11.6. The van der Waals surface area contributed by atoms with Crippen LogP contribution < -0.4 is 5.46 Å². The lowest BCUT2D eigenvalue weighted by molar-refractivity contribution is -0.114. The number of hydrogen-bond acceptors (Lipinski definition) is 5. The van der Waals surface area contributed by atoms with Crippen LogP contribution in [0.4, 0.5) is 0 Å². The van der Waals surface area contributed by atoms with Crippen LogP contribution >= 0.6 is 0 Å². The average molecular weight is 376 g/mol. The number of carbonyl (C=O) groups excluding carboxylic acids is 1. The number of amides is 1. The fraction of sp³-hybridized carbons (Fsp3) is 0.550. The number of carbonyl (C=O) groups is 1. The second-order valence-corrected chi connectivity index (χ2v) is 9.74. The van der Waals surface area contributed by atoms with Gasteiger partial charge < -0.3 is 15.1 Å². The molecule has 1 spiro atoms. The van der Waals surface area contributed by atoms with E-state index in [0.29, 0.717) is 29.6 Å². The predicted molar refractivity (Wildman–Crippen MR) is 103 cm³/mol. The van der Waals surface area contributed by atoms with E-state index in [9.17, 15) is 14.9 Å². The Balaban J connectivity index is 1.44. The fourth-order valence-electron chi connectivity index (χ4n) is 7.91. The van der Waals surface area contributed by atoms with Gasteiger partial charge in [-0.3, -0.25) is 4.79 Å². The Bertz CT molecular complexity index is 1080. The zero-order chi connectivity index (χ0) is 18.8. The van der Waals surface area contributed by atoms with Gasteiger partial charge in [0.1, 0.15) is 5.65 Å². The van der Waals surface area contributed by atoms with Crippen molar-refractivity contribution < 1.29 is 14.9 Å². The molecule has 6 atom stereocenters. The van der Waals surface area contributed by atoms with E-state index in [1.54, 1.807) is 6.20 Å². The van der Waals surface area contributed by atoms with Gasteiger partial charge in [0, 0.05) is 34.7 Å². The number of fused-ring (bicyclic) bond motifs is 5. The van der Waals surface area contributed by atoms with E-state index in [0.717, 1.165) is 59.3 Å². The van der Waals surface area contributed by atoms with Crippen LogP contribution in [0.15, 0.2) is 23.6 Å². The predicted octanol–water partition coefficient (Wildman–Crippen LogP) is 0.614. The number of pyridine rings is 1. The summed E-state index contributed by atoms with van der Waals surface area (Å²) >= 11 is 0. The lowest BCUT2D eigenvalue weighted by atomic mass is 9.53. The van der Waals surface area contributed by atoms with Gasteiger partial charge in [0.15, 0.2) is 0 Å². The molecular weight excluding hydrogens is 355 g/mol. The summed E-state index contributed by atoms with van der Waals surface area (Å²) in [6, 6.07) is 1.97. The van der Waals surface area contributed by atoms with Crippen LogP contribution in [0.5, 0.6) is 0 Å². The number of hydrogen-bond donors (Lipinski definition) is 3. The largest absolute Gasteiger partial charge is 0.475 e. The van der Waals surface area contributed by atoms with Gasteiger partial charge in [-0.25, -0.2) is 9.90 Å². The highest BCUT2D eigenvalue weighted by Crippen LogP contribution is 2.78. The quantitative estimate of drug-likeness (QED) is 0.528. The van der Waals surface area contributed by atoms with E-state index < -0.39 is 12.7 Å². The van der Waals surface area contributed by atoms with Crippen LogP contribution in [0, 0.1) is 29.1 Å². The van der Waals surface area contributed by atoms with Crippen LogP contribution in [0.25, 0.3) is 11.0 Å². The Morgan fingerprint density at radius 1 is 1.36 bits per heavy atom. The Hall–Kier alpha value is -2.19. The van der Waals surface area contributed by atoms with Crippen molar-refractivity contribution in [3.8, 4) is 0 Å². The molecule has 3 bridgehead atoms. The Kier molecular flexibility index (Phi) is 2.63. The van der Waals surface area contributed by atoms with Crippen LogP contribution in [-0.2, 0) is 4.79 Å². The summed E-state index contributed by atoms with van der Waals surface area (Å²) in [6.07, 6.45) is 9.12. The first-order chi connectivity index (χ1) is 13.5. The second-order valence-electron chi connectivity index (χ2n) is 9.74. The van der Waals surface area contributed by atoms with Crippen molar-refractivity contribution in [2.75, 3.05) is 0 Å². The highest BCUT2D eigenvalue weighted by molar-refractivity contribution is 6.68. The molecule has 0 aromatic carbocycles. The number of aromatic amines is 1. The monoisotopic (exact) mass is 376 g/mol. The number of aliphatic hydroxyl groups is 1. The smallest absolute Gasteiger partial charge is 0.427 e. The lowest BCUT2D eigenvalue weighted by Crippen LogP contribution is -2.54. The van der Waals surface area contributed by atoms with Crippen molar-refractivity contribution in [3.05, 3.63) is 24.0 Å². The minimum Gasteiger partial charge on any atom is -0.427 e. The average Bonchev–Trinajstić information content (AvgIpc) is 3.26. The van der Waals surface area contributed by atoms with Crippen LogP contribution in [-0.4, -0.2) is 49.8 Å². The number of nitrogens with one attached hydrogen (secondary N) is 1. The van der Waals surface area contributed by atoms with E-state index in [1.165, 1.54) is 0 Å². The molecule has 3 heterocycles. The Morgan fingerprint density at radius 2 is 2.25 bits per heavy atom. The summed E-state index contributed by atoms with van der Waals surface area (Å²) in [5.41, 5.74) is 2.99. The van der Waals surface area contributed by atoms with Crippen molar-refractivity contribution >= 4 is 35.7 Å². The first-order valence-corrected chi connectivity index (χ1v) is 10.2. The van der Waals surface area contributed by atoms with Gasteiger partial charge >= 0.3 is 7.05 Å². The molecule has 0 saturated heterocycles. The van der Waals surface area contributed by atoms with E-state index in [2.05, 4.69) is 15.1 Å². The van der Waals surface area contributed by atoms with Gasteiger partial charge in [0.05, 0.1) is 11.3 Å². The molecule has 7 rings (SSSR count). The van der Waals surface area contributed by atoms with Gasteiger partial charge in [0.2, 0.25) is 6.41 Å². The minimum absolute atomic E-state index is 0.222. The van der Waals surface area contributed by atoms with Gasteiger partial charge in [0.25, 0.3) is 0 Å². The molecule has 6 unspecified atom stereocenters. The van der Waals surface area contributed by atoms with Crippen LogP contribution in [0.2, 0.25) is 0 Å². The number of H-pyrrole nitrogens is 1. The van der Waals surface area contributed by atoms with E-state index in [1.807, 2.05) is 12.3 Å². The molecule has 2 aromatic rings. The maximum absolute atomic E-state index is 11.6. The number of aromatic nitrogens is 2. The van der Waals surface area contributed by atoms with Crippen molar-refractivity contribution in [2.24, 2.45) is 34.2 Å². The van der Waals surface area contributed by atoms with Gasteiger partial charge in [-0.2, -0.15) is 5.10 Å². The third-order valence-electron chi connectivity index (χ3n) is 8.65. The van der Waals surface area contributed by atoms with Crippen LogP contribution in [0.3, 0.4) is 0 Å². The number of nitrogens with zero attached hydrogens (tertiary/aromatic N) is 3. The Labute approximate surface area is 162 Å².